The Morgan fingerprint density at radius 2 is 1.23 bits per heavy atom. The standard InChI is InChI=1S/C30H43N5O5/c1-3-20(2)26(32)29(38)34-24(18-21-12-6-4-7-13-21)28(37)33-23(16-10-11-17-31)27(36)35-25(30(39)40)19-22-14-8-5-9-15-22/h4-9,12-15,20,23-26H,3,10-11,16-19,31-32H2,1-2H3,(H,33,37)(H,34,38)(H,35,36)(H,39,40). The number of carboxylic acids is 1. The average molecular weight is 554 g/mol. The number of rotatable bonds is 17. The molecule has 8 N–H and O–H groups in total. The summed E-state index contributed by atoms with van der Waals surface area (Å²) < 4.78 is 0. The first kappa shape index (κ1) is 32.5. The van der Waals surface area contributed by atoms with Crippen LogP contribution in [0.15, 0.2) is 60.7 Å². The lowest BCUT2D eigenvalue weighted by Gasteiger charge is -2.26. The molecule has 218 valence electrons. The molecule has 5 atom stereocenters. The molecule has 2 aromatic carbocycles. The Bertz CT molecular complexity index is 1080. The van der Waals surface area contributed by atoms with Gasteiger partial charge in [0, 0.05) is 12.8 Å². The van der Waals surface area contributed by atoms with Gasteiger partial charge in [-0.15, -0.1) is 0 Å². The number of nitrogens with two attached hydrogens (primary N) is 2. The van der Waals surface area contributed by atoms with Crippen molar-refractivity contribution in [3.05, 3.63) is 71.8 Å². The van der Waals surface area contributed by atoms with E-state index >= 15 is 0 Å². The van der Waals surface area contributed by atoms with Crippen LogP contribution in [-0.2, 0) is 32.0 Å². The highest BCUT2D eigenvalue weighted by atomic mass is 16.4. The molecular formula is C30H43N5O5. The second kappa shape index (κ2) is 17.0. The van der Waals surface area contributed by atoms with Gasteiger partial charge in [-0.1, -0.05) is 80.9 Å². The first-order valence-electron chi connectivity index (χ1n) is 13.8. The van der Waals surface area contributed by atoms with Gasteiger partial charge >= 0.3 is 5.97 Å². The van der Waals surface area contributed by atoms with Gasteiger partial charge in [-0.3, -0.25) is 14.4 Å². The molecule has 2 aromatic rings. The average Bonchev–Trinajstić information content (AvgIpc) is 2.96. The van der Waals surface area contributed by atoms with Crippen molar-refractivity contribution in [1.82, 2.24) is 16.0 Å². The van der Waals surface area contributed by atoms with Crippen LogP contribution in [0.5, 0.6) is 0 Å². The summed E-state index contributed by atoms with van der Waals surface area (Å²) in [5.41, 5.74) is 13.3. The van der Waals surface area contributed by atoms with Gasteiger partial charge in [-0.25, -0.2) is 4.79 Å². The lowest BCUT2D eigenvalue weighted by molar-refractivity contribution is -0.142. The number of unbranched alkanes of at least 4 members (excludes halogenated alkanes) is 1. The molecule has 0 heterocycles. The van der Waals surface area contributed by atoms with E-state index in [4.69, 9.17) is 11.5 Å². The summed E-state index contributed by atoms with van der Waals surface area (Å²) in [5.74, 6) is -2.90. The molecule has 0 radical (unpaired) electrons. The highest BCUT2D eigenvalue weighted by Crippen LogP contribution is 2.10. The van der Waals surface area contributed by atoms with Crippen molar-refractivity contribution in [2.45, 2.75) is 76.5 Å². The SMILES string of the molecule is CCC(C)C(N)C(=O)NC(Cc1ccccc1)C(=O)NC(CCCCN)C(=O)NC(Cc1ccccc1)C(=O)O. The van der Waals surface area contributed by atoms with Gasteiger partial charge in [0.15, 0.2) is 0 Å². The molecule has 0 saturated heterocycles. The third-order valence-electron chi connectivity index (χ3n) is 6.95. The number of benzene rings is 2. The topological polar surface area (TPSA) is 177 Å². The van der Waals surface area contributed by atoms with Crippen molar-refractivity contribution in [3.8, 4) is 0 Å². The first-order valence-corrected chi connectivity index (χ1v) is 13.8. The van der Waals surface area contributed by atoms with Crippen LogP contribution < -0.4 is 27.4 Å². The molecule has 10 heteroatoms. The summed E-state index contributed by atoms with van der Waals surface area (Å²) in [5, 5.41) is 17.8. The number of hydrogen-bond acceptors (Lipinski definition) is 6. The van der Waals surface area contributed by atoms with Crippen molar-refractivity contribution in [2.75, 3.05) is 6.54 Å². The third-order valence-corrected chi connectivity index (χ3v) is 6.95. The summed E-state index contributed by atoms with van der Waals surface area (Å²) in [6, 6.07) is 14.2. The minimum Gasteiger partial charge on any atom is -0.480 e. The molecule has 0 aliphatic heterocycles. The smallest absolute Gasteiger partial charge is 0.326 e. The third kappa shape index (κ3) is 10.8. The van der Waals surface area contributed by atoms with E-state index in [1.807, 2.05) is 50.2 Å². The minimum absolute atomic E-state index is 0.0889. The number of carboxylic acid groups (broad SMARTS) is 1. The van der Waals surface area contributed by atoms with Gasteiger partial charge in [0.1, 0.15) is 18.1 Å². The van der Waals surface area contributed by atoms with E-state index in [9.17, 15) is 24.3 Å². The van der Waals surface area contributed by atoms with Crippen LogP contribution >= 0.6 is 0 Å². The van der Waals surface area contributed by atoms with Crippen LogP contribution in [-0.4, -0.2) is 59.5 Å². The Labute approximate surface area is 236 Å². The number of hydrogen-bond donors (Lipinski definition) is 6. The van der Waals surface area contributed by atoms with Crippen molar-refractivity contribution in [3.63, 3.8) is 0 Å². The second-order valence-corrected chi connectivity index (χ2v) is 10.1. The summed E-state index contributed by atoms with van der Waals surface area (Å²) in [4.78, 5) is 51.6. The quantitative estimate of drug-likeness (QED) is 0.161. The molecule has 0 saturated carbocycles. The Morgan fingerprint density at radius 1 is 0.750 bits per heavy atom. The van der Waals surface area contributed by atoms with Crippen LogP contribution in [0.25, 0.3) is 0 Å². The van der Waals surface area contributed by atoms with E-state index < -0.39 is 47.9 Å². The fraction of sp³-hybridized carbons (Fsp3) is 0.467. The monoisotopic (exact) mass is 553 g/mol. The van der Waals surface area contributed by atoms with Crippen molar-refractivity contribution in [1.29, 1.82) is 0 Å². The van der Waals surface area contributed by atoms with Crippen LogP contribution in [0, 0.1) is 5.92 Å². The first-order chi connectivity index (χ1) is 19.2. The van der Waals surface area contributed by atoms with Crippen LogP contribution in [0.2, 0.25) is 0 Å². The normalized spacial score (nSPS) is 14.7. The van der Waals surface area contributed by atoms with E-state index in [1.54, 1.807) is 24.3 Å². The molecule has 10 nitrogen and oxygen atoms in total. The van der Waals surface area contributed by atoms with Crippen LogP contribution in [0.3, 0.4) is 0 Å². The van der Waals surface area contributed by atoms with Gasteiger partial charge in [0.2, 0.25) is 17.7 Å². The maximum Gasteiger partial charge on any atom is 0.326 e. The number of carbonyl (C=O) groups excluding carboxylic acids is 3. The largest absolute Gasteiger partial charge is 0.480 e. The van der Waals surface area contributed by atoms with Crippen LogP contribution in [0.4, 0.5) is 0 Å². The zero-order valence-corrected chi connectivity index (χ0v) is 23.3. The van der Waals surface area contributed by atoms with E-state index in [0.29, 0.717) is 25.8 Å². The molecule has 0 spiro atoms. The number of nitrogens with one attached hydrogen (secondary N) is 3. The molecule has 0 fully saturated rings. The summed E-state index contributed by atoms with van der Waals surface area (Å²) in [6.45, 7) is 4.20. The molecule has 0 bridgehead atoms. The van der Waals surface area contributed by atoms with E-state index in [0.717, 1.165) is 11.1 Å². The zero-order valence-electron chi connectivity index (χ0n) is 23.3. The number of aliphatic carboxylic acids is 1. The maximum atomic E-state index is 13.5. The van der Waals surface area contributed by atoms with Gasteiger partial charge < -0.3 is 32.5 Å². The molecular weight excluding hydrogens is 510 g/mol. The minimum atomic E-state index is -1.18. The van der Waals surface area contributed by atoms with Gasteiger partial charge in [0.25, 0.3) is 0 Å². The Balaban J connectivity index is 2.22. The molecule has 40 heavy (non-hydrogen) atoms. The van der Waals surface area contributed by atoms with Gasteiger partial charge in [-0.05, 0) is 42.9 Å². The van der Waals surface area contributed by atoms with E-state index in [1.165, 1.54) is 0 Å². The molecule has 5 unspecified atom stereocenters. The summed E-state index contributed by atoms with van der Waals surface area (Å²) >= 11 is 0. The second-order valence-electron chi connectivity index (χ2n) is 10.1. The Morgan fingerprint density at radius 3 is 1.73 bits per heavy atom. The fourth-order valence-corrected chi connectivity index (χ4v) is 4.20. The lowest BCUT2D eigenvalue weighted by atomic mass is 9.98. The summed E-state index contributed by atoms with van der Waals surface area (Å²) in [7, 11) is 0. The number of carbonyl (C=O) groups is 4. The predicted molar refractivity (Wildman–Crippen MR) is 154 cm³/mol. The predicted octanol–water partition coefficient (Wildman–Crippen LogP) is 1.51. The Hall–Kier alpha value is -3.76. The van der Waals surface area contributed by atoms with Crippen LogP contribution in [0.1, 0.15) is 50.7 Å². The molecule has 0 aliphatic rings. The molecule has 0 aliphatic carbocycles. The van der Waals surface area contributed by atoms with E-state index in [-0.39, 0.29) is 25.2 Å². The molecule has 0 aromatic heterocycles. The number of amides is 3. The molecule has 2 rings (SSSR count). The lowest BCUT2D eigenvalue weighted by Crippen LogP contribution is -2.58. The van der Waals surface area contributed by atoms with E-state index in [2.05, 4.69) is 16.0 Å². The van der Waals surface area contributed by atoms with Crippen molar-refractivity contribution < 1.29 is 24.3 Å². The van der Waals surface area contributed by atoms with Gasteiger partial charge in [0.05, 0.1) is 6.04 Å². The molecule has 3 amide bonds. The zero-order chi connectivity index (χ0) is 29.5. The highest BCUT2D eigenvalue weighted by Gasteiger charge is 2.31. The summed E-state index contributed by atoms with van der Waals surface area (Å²) in [6.07, 6.45) is 2.39. The van der Waals surface area contributed by atoms with Crippen molar-refractivity contribution >= 4 is 23.7 Å². The fourth-order valence-electron chi connectivity index (χ4n) is 4.20. The van der Waals surface area contributed by atoms with Crippen molar-refractivity contribution in [2.24, 2.45) is 17.4 Å². The Kier molecular flexibility index (Phi) is 13.8. The maximum absolute atomic E-state index is 13.5. The van der Waals surface area contributed by atoms with Gasteiger partial charge in [-0.2, -0.15) is 0 Å². The highest BCUT2D eigenvalue weighted by molar-refractivity contribution is 5.94.